The standard InChI is InChI=1S/C12H26N2O2/c1-7-9(2)14(6)10(3)8-12(4,13-5)11(15)16/h9-10,13H,7-8H2,1-6H3,(H,15,16). The highest BCUT2D eigenvalue weighted by Gasteiger charge is 2.34. The molecule has 0 rings (SSSR count). The lowest BCUT2D eigenvalue weighted by molar-refractivity contribution is -0.144. The first-order valence-corrected chi connectivity index (χ1v) is 5.92. The van der Waals surface area contributed by atoms with Gasteiger partial charge in [0.15, 0.2) is 0 Å². The van der Waals surface area contributed by atoms with E-state index in [4.69, 9.17) is 0 Å². The molecule has 0 fully saturated rings. The first-order valence-electron chi connectivity index (χ1n) is 5.92. The lowest BCUT2D eigenvalue weighted by Crippen LogP contribution is -2.52. The second-order valence-corrected chi connectivity index (χ2v) is 4.86. The van der Waals surface area contributed by atoms with Crippen LogP contribution in [0.15, 0.2) is 0 Å². The van der Waals surface area contributed by atoms with Gasteiger partial charge in [-0.3, -0.25) is 4.79 Å². The van der Waals surface area contributed by atoms with E-state index in [0.29, 0.717) is 12.5 Å². The van der Waals surface area contributed by atoms with Crippen LogP contribution in [0.5, 0.6) is 0 Å². The molecule has 0 bridgehead atoms. The van der Waals surface area contributed by atoms with E-state index in [1.807, 2.05) is 0 Å². The molecule has 3 atom stereocenters. The van der Waals surface area contributed by atoms with Gasteiger partial charge in [0.25, 0.3) is 0 Å². The van der Waals surface area contributed by atoms with Crippen molar-refractivity contribution in [3.8, 4) is 0 Å². The molecule has 0 aromatic rings. The van der Waals surface area contributed by atoms with Crippen molar-refractivity contribution in [1.29, 1.82) is 0 Å². The van der Waals surface area contributed by atoms with Crippen LogP contribution in [0.3, 0.4) is 0 Å². The zero-order chi connectivity index (χ0) is 12.9. The number of hydrogen-bond acceptors (Lipinski definition) is 3. The number of nitrogens with zero attached hydrogens (tertiary/aromatic N) is 1. The SMILES string of the molecule is CCC(C)N(C)C(C)CC(C)(NC)C(=O)O. The Labute approximate surface area is 99.0 Å². The maximum absolute atomic E-state index is 11.2. The molecule has 0 aromatic heterocycles. The number of nitrogens with one attached hydrogen (secondary N) is 1. The molecule has 0 aliphatic heterocycles. The molecular weight excluding hydrogens is 204 g/mol. The van der Waals surface area contributed by atoms with Crippen molar-refractivity contribution in [3.63, 3.8) is 0 Å². The van der Waals surface area contributed by atoms with Crippen LogP contribution in [-0.4, -0.2) is 47.7 Å². The molecule has 3 unspecified atom stereocenters. The average molecular weight is 230 g/mol. The Morgan fingerprint density at radius 3 is 2.25 bits per heavy atom. The summed E-state index contributed by atoms with van der Waals surface area (Å²) in [5.74, 6) is -0.792. The molecule has 4 heteroatoms. The monoisotopic (exact) mass is 230 g/mol. The normalized spacial score (nSPS) is 19.2. The number of likely N-dealkylation sites (N-methyl/N-ethyl adjacent to an activating group) is 1. The van der Waals surface area contributed by atoms with Crippen molar-refractivity contribution in [2.24, 2.45) is 0 Å². The highest BCUT2D eigenvalue weighted by molar-refractivity contribution is 5.78. The summed E-state index contributed by atoms with van der Waals surface area (Å²) in [7, 11) is 3.75. The first-order chi connectivity index (χ1) is 7.28. The van der Waals surface area contributed by atoms with Crippen molar-refractivity contribution >= 4 is 5.97 Å². The molecule has 2 N–H and O–H groups in total. The van der Waals surface area contributed by atoms with Crippen molar-refractivity contribution in [3.05, 3.63) is 0 Å². The van der Waals surface area contributed by atoms with E-state index in [2.05, 4.69) is 38.0 Å². The Morgan fingerprint density at radius 1 is 1.44 bits per heavy atom. The number of rotatable bonds is 7. The Bertz CT molecular complexity index is 233. The molecule has 0 saturated heterocycles. The Hall–Kier alpha value is -0.610. The molecule has 0 saturated carbocycles. The van der Waals surface area contributed by atoms with E-state index in [9.17, 15) is 9.90 Å². The minimum absolute atomic E-state index is 0.239. The van der Waals surface area contributed by atoms with E-state index in [1.165, 1.54) is 0 Å². The zero-order valence-electron chi connectivity index (χ0n) is 11.4. The van der Waals surface area contributed by atoms with Gasteiger partial charge < -0.3 is 15.3 Å². The summed E-state index contributed by atoms with van der Waals surface area (Å²) in [6.45, 7) is 8.11. The summed E-state index contributed by atoms with van der Waals surface area (Å²) >= 11 is 0. The van der Waals surface area contributed by atoms with Crippen LogP contribution >= 0.6 is 0 Å². The molecule has 0 aliphatic rings. The molecule has 0 heterocycles. The Kier molecular flexibility index (Phi) is 5.97. The van der Waals surface area contributed by atoms with E-state index >= 15 is 0 Å². The molecule has 0 aliphatic carbocycles. The van der Waals surface area contributed by atoms with Crippen LogP contribution in [0.25, 0.3) is 0 Å². The summed E-state index contributed by atoms with van der Waals surface area (Å²) < 4.78 is 0. The number of carboxylic acids is 1. The van der Waals surface area contributed by atoms with Crippen LogP contribution in [0.1, 0.15) is 40.5 Å². The van der Waals surface area contributed by atoms with Gasteiger partial charge in [-0.25, -0.2) is 0 Å². The molecule has 4 nitrogen and oxygen atoms in total. The van der Waals surface area contributed by atoms with Gasteiger partial charge >= 0.3 is 5.97 Å². The third-order valence-corrected chi connectivity index (χ3v) is 3.71. The number of hydrogen-bond donors (Lipinski definition) is 2. The number of carbonyl (C=O) groups is 1. The van der Waals surface area contributed by atoms with E-state index in [1.54, 1.807) is 14.0 Å². The van der Waals surface area contributed by atoms with Crippen LogP contribution in [0.2, 0.25) is 0 Å². The molecule has 16 heavy (non-hydrogen) atoms. The van der Waals surface area contributed by atoms with Gasteiger partial charge in [0.05, 0.1) is 0 Å². The third-order valence-electron chi connectivity index (χ3n) is 3.71. The van der Waals surface area contributed by atoms with Gasteiger partial charge in [-0.05, 0) is 47.7 Å². The van der Waals surface area contributed by atoms with Crippen LogP contribution in [-0.2, 0) is 4.79 Å². The van der Waals surface area contributed by atoms with Gasteiger partial charge in [0.2, 0.25) is 0 Å². The summed E-state index contributed by atoms with van der Waals surface area (Å²) in [5, 5.41) is 12.1. The molecule has 0 amide bonds. The predicted octanol–water partition coefficient (Wildman–Crippen LogP) is 1.56. The van der Waals surface area contributed by atoms with E-state index in [0.717, 1.165) is 6.42 Å². The Balaban J connectivity index is 4.53. The van der Waals surface area contributed by atoms with E-state index < -0.39 is 11.5 Å². The van der Waals surface area contributed by atoms with Crippen molar-refractivity contribution < 1.29 is 9.90 Å². The third kappa shape index (κ3) is 3.76. The maximum atomic E-state index is 11.2. The fourth-order valence-corrected chi connectivity index (χ4v) is 1.75. The minimum atomic E-state index is -0.846. The van der Waals surface area contributed by atoms with Crippen molar-refractivity contribution in [2.45, 2.75) is 58.2 Å². The van der Waals surface area contributed by atoms with Gasteiger partial charge in [0.1, 0.15) is 5.54 Å². The summed E-state index contributed by atoms with van der Waals surface area (Å²) in [6, 6.07) is 0.716. The van der Waals surface area contributed by atoms with Crippen LogP contribution < -0.4 is 5.32 Å². The molecule has 96 valence electrons. The highest BCUT2D eigenvalue weighted by Crippen LogP contribution is 2.17. The van der Waals surface area contributed by atoms with Crippen molar-refractivity contribution in [1.82, 2.24) is 10.2 Å². The van der Waals surface area contributed by atoms with Crippen LogP contribution in [0.4, 0.5) is 0 Å². The van der Waals surface area contributed by atoms with E-state index in [-0.39, 0.29) is 6.04 Å². The predicted molar refractivity (Wildman–Crippen MR) is 66.7 cm³/mol. The first kappa shape index (κ1) is 15.4. The van der Waals surface area contributed by atoms with Gasteiger partial charge in [-0.2, -0.15) is 0 Å². The Morgan fingerprint density at radius 2 is 1.94 bits per heavy atom. The molecule has 0 aromatic carbocycles. The second-order valence-electron chi connectivity index (χ2n) is 4.86. The summed E-state index contributed by atoms with van der Waals surface area (Å²) in [6.07, 6.45) is 1.67. The fraction of sp³-hybridized carbons (Fsp3) is 0.917. The maximum Gasteiger partial charge on any atom is 0.323 e. The number of aliphatic carboxylic acids is 1. The largest absolute Gasteiger partial charge is 0.480 e. The topological polar surface area (TPSA) is 52.6 Å². The van der Waals surface area contributed by atoms with Gasteiger partial charge in [0, 0.05) is 12.1 Å². The lowest BCUT2D eigenvalue weighted by Gasteiger charge is -2.35. The van der Waals surface area contributed by atoms with Crippen LogP contribution in [0, 0.1) is 0 Å². The number of carboxylic acid groups (broad SMARTS) is 1. The minimum Gasteiger partial charge on any atom is -0.480 e. The van der Waals surface area contributed by atoms with Crippen molar-refractivity contribution in [2.75, 3.05) is 14.1 Å². The zero-order valence-corrected chi connectivity index (χ0v) is 11.4. The lowest BCUT2D eigenvalue weighted by atomic mass is 9.92. The summed E-state index contributed by atoms with van der Waals surface area (Å²) in [5.41, 5.74) is -0.846. The van der Waals surface area contributed by atoms with Gasteiger partial charge in [-0.1, -0.05) is 6.92 Å². The van der Waals surface area contributed by atoms with Gasteiger partial charge in [-0.15, -0.1) is 0 Å². The molecule has 0 spiro atoms. The second kappa shape index (κ2) is 6.21. The molecular formula is C12H26N2O2. The fourth-order valence-electron chi connectivity index (χ4n) is 1.75. The summed E-state index contributed by atoms with van der Waals surface area (Å²) in [4.78, 5) is 13.4. The molecule has 0 radical (unpaired) electrons. The smallest absolute Gasteiger partial charge is 0.323 e. The quantitative estimate of drug-likeness (QED) is 0.697. The average Bonchev–Trinajstić information content (AvgIpc) is 2.26. The highest BCUT2D eigenvalue weighted by atomic mass is 16.4.